The van der Waals surface area contributed by atoms with E-state index in [1.54, 1.807) is 0 Å². The summed E-state index contributed by atoms with van der Waals surface area (Å²) in [6.45, 7) is 1.82. The monoisotopic (exact) mass is 299 g/mol. The molecule has 20 heavy (non-hydrogen) atoms. The number of aliphatic carboxylic acids is 1. The smallest absolute Gasteiger partial charge is 0.471 e. The molecule has 1 amide bonds. The molecule has 0 saturated heterocycles. The molecule has 0 aliphatic heterocycles. The molecule has 0 aliphatic carbocycles. The third kappa shape index (κ3) is 7.59. The van der Waals surface area contributed by atoms with Gasteiger partial charge in [0.2, 0.25) is 0 Å². The van der Waals surface area contributed by atoms with Gasteiger partial charge >= 0.3 is 24.0 Å². The van der Waals surface area contributed by atoms with Crippen LogP contribution in [0.5, 0.6) is 0 Å². The molecule has 0 aromatic carbocycles. The number of halogens is 3. The number of carboxylic acids is 1. The molecule has 6 nitrogen and oxygen atoms in total. The Bertz CT molecular complexity index is 356. The molecule has 0 rings (SSSR count). The van der Waals surface area contributed by atoms with Crippen molar-refractivity contribution in [1.29, 1.82) is 0 Å². The van der Waals surface area contributed by atoms with E-state index in [0.717, 1.165) is 0 Å². The van der Waals surface area contributed by atoms with Crippen molar-refractivity contribution in [3.05, 3.63) is 0 Å². The third-order valence-electron chi connectivity index (χ3n) is 2.24. The molecule has 2 N–H and O–H groups in total. The Labute approximate surface area is 113 Å². The number of ether oxygens (including phenoxy) is 1. The van der Waals surface area contributed by atoms with Crippen molar-refractivity contribution in [3.8, 4) is 0 Å². The van der Waals surface area contributed by atoms with E-state index in [-0.39, 0.29) is 6.61 Å². The first-order chi connectivity index (χ1) is 9.18. The molecule has 1 atom stereocenters. The summed E-state index contributed by atoms with van der Waals surface area (Å²) in [5.74, 6) is -4.67. The molecule has 0 aromatic rings. The summed E-state index contributed by atoms with van der Waals surface area (Å²) in [5.41, 5.74) is 0. The maximum absolute atomic E-state index is 12.1. The normalized spacial score (nSPS) is 12.6. The van der Waals surface area contributed by atoms with Crippen LogP contribution in [0, 0.1) is 0 Å². The lowest BCUT2D eigenvalue weighted by atomic mass is 10.1. The SMILES string of the molecule is CCCCOC(=O)[C@H](CCC(=O)O)NC(=O)C(F)(F)F. The van der Waals surface area contributed by atoms with Gasteiger partial charge in [-0.3, -0.25) is 9.59 Å². The number of hydrogen-bond donors (Lipinski definition) is 2. The van der Waals surface area contributed by atoms with Crippen LogP contribution in [0.25, 0.3) is 0 Å². The number of hydrogen-bond acceptors (Lipinski definition) is 4. The molecule has 0 radical (unpaired) electrons. The van der Waals surface area contributed by atoms with Gasteiger partial charge in [-0.2, -0.15) is 13.2 Å². The molecular formula is C11H16F3NO5. The molecule has 0 fully saturated rings. The Balaban J connectivity index is 4.59. The van der Waals surface area contributed by atoms with Gasteiger partial charge in [-0.25, -0.2) is 4.79 Å². The quantitative estimate of drug-likeness (QED) is 0.519. The van der Waals surface area contributed by atoms with E-state index in [2.05, 4.69) is 4.74 Å². The topological polar surface area (TPSA) is 92.7 Å². The highest BCUT2D eigenvalue weighted by molar-refractivity contribution is 5.87. The van der Waals surface area contributed by atoms with Crippen molar-refractivity contribution in [2.24, 2.45) is 0 Å². The van der Waals surface area contributed by atoms with Crippen LogP contribution in [0.3, 0.4) is 0 Å². The zero-order chi connectivity index (χ0) is 15.8. The number of nitrogens with one attached hydrogen (secondary N) is 1. The Kier molecular flexibility index (Phi) is 7.63. The molecule has 0 spiro atoms. The number of unbranched alkanes of at least 4 members (excludes halogenated alkanes) is 1. The van der Waals surface area contributed by atoms with Gasteiger partial charge in [0, 0.05) is 6.42 Å². The summed E-state index contributed by atoms with van der Waals surface area (Å²) in [7, 11) is 0. The second-order valence-corrected chi connectivity index (χ2v) is 3.98. The van der Waals surface area contributed by atoms with Gasteiger partial charge in [0.05, 0.1) is 6.61 Å². The lowest BCUT2D eigenvalue weighted by Gasteiger charge is -2.17. The van der Waals surface area contributed by atoms with E-state index in [9.17, 15) is 27.6 Å². The van der Waals surface area contributed by atoms with Crippen molar-refractivity contribution in [3.63, 3.8) is 0 Å². The summed E-state index contributed by atoms with van der Waals surface area (Å²) < 4.78 is 41.0. The second kappa shape index (κ2) is 8.39. The highest BCUT2D eigenvalue weighted by Crippen LogP contribution is 2.15. The molecule has 0 aromatic heterocycles. The van der Waals surface area contributed by atoms with Crippen molar-refractivity contribution < 1.29 is 37.4 Å². The largest absolute Gasteiger partial charge is 0.481 e. The van der Waals surface area contributed by atoms with Gasteiger partial charge in [0.25, 0.3) is 0 Å². The number of carbonyl (C=O) groups is 3. The van der Waals surface area contributed by atoms with E-state index in [1.165, 1.54) is 5.32 Å². The van der Waals surface area contributed by atoms with Crippen LogP contribution < -0.4 is 5.32 Å². The fraction of sp³-hybridized carbons (Fsp3) is 0.727. The van der Waals surface area contributed by atoms with Crippen LogP contribution in [0.1, 0.15) is 32.6 Å². The Morgan fingerprint density at radius 1 is 1.30 bits per heavy atom. The first-order valence-corrected chi connectivity index (χ1v) is 5.94. The number of amides is 1. The zero-order valence-corrected chi connectivity index (χ0v) is 10.8. The minimum Gasteiger partial charge on any atom is -0.481 e. The first kappa shape index (κ1) is 18.2. The van der Waals surface area contributed by atoms with Gasteiger partial charge in [0.1, 0.15) is 6.04 Å². The van der Waals surface area contributed by atoms with Crippen molar-refractivity contribution in [2.75, 3.05) is 6.61 Å². The summed E-state index contributed by atoms with van der Waals surface area (Å²) in [6.07, 6.45) is -4.95. The summed E-state index contributed by atoms with van der Waals surface area (Å²) in [6, 6.07) is -1.63. The van der Waals surface area contributed by atoms with Crippen LogP contribution in [0.4, 0.5) is 13.2 Å². The third-order valence-corrected chi connectivity index (χ3v) is 2.24. The molecule has 0 saturated carbocycles. The van der Waals surface area contributed by atoms with Crippen LogP contribution >= 0.6 is 0 Å². The molecule has 116 valence electrons. The maximum Gasteiger partial charge on any atom is 0.471 e. The fourth-order valence-corrected chi connectivity index (χ4v) is 1.17. The predicted molar refractivity (Wildman–Crippen MR) is 60.7 cm³/mol. The molecule has 0 unspecified atom stereocenters. The van der Waals surface area contributed by atoms with E-state index in [4.69, 9.17) is 5.11 Å². The lowest BCUT2D eigenvalue weighted by Crippen LogP contribution is -2.47. The van der Waals surface area contributed by atoms with Gasteiger partial charge < -0.3 is 15.2 Å². The Hall–Kier alpha value is -1.80. The van der Waals surface area contributed by atoms with Crippen LogP contribution in [-0.4, -0.2) is 41.8 Å². The average Bonchev–Trinajstić information content (AvgIpc) is 2.32. The first-order valence-electron chi connectivity index (χ1n) is 5.94. The lowest BCUT2D eigenvalue weighted by molar-refractivity contribution is -0.176. The van der Waals surface area contributed by atoms with Crippen molar-refractivity contribution >= 4 is 17.8 Å². The van der Waals surface area contributed by atoms with Gasteiger partial charge in [0.15, 0.2) is 0 Å². The molecule has 0 bridgehead atoms. The van der Waals surface area contributed by atoms with E-state index >= 15 is 0 Å². The summed E-state index contributed by atoms with van der Waals surface area (Å²) in [4.78, 5) is 32.6. The van der Waals surface area contributed by atoms with Crippen LogP contribution in [0.2, 0.25) is 0 Å². The minimum absolute atomic E-state index is 0.000787. The minimum atomic E-state index is -5.15. The van der Waals surface area contributed by atoms with Gasteiger partial charge in [-0.05, 0) is 12.8 Å². The Morgan fingerprint density at radius 3 is 2.35 bits per heavy atom. The van der Waals surface area contributed by atoms with Crippen LogP contribution in [-0.2, 0) is 19.1 Å². The second-order valence-electron chi connectivity index (χ2n) is 3.98. The number of carbonyl (C=O) groups excluding carboxylic acids is 2. The highest BCUT2D eigenvalue weighted by atomic mass is 19.4. The van der Waals surface area contributed by atoms with Crippen molar-refractivity contribution in [1.82, 2.24) is 5.32 Å². The summed E-state index contributed by atoms with van der Waals surface area (Å²) >= 11 is 0. The average molecular weight is 299 g/mol. The Morgan fingerprint density at radius 2 is 1.90 bits per heavy atom. The number of alkyl halides is 3. The number of carboxylic acid groups (broad SMARTS) is 1. The van der Waals surface area contributed by atoms with Gasteiger partial charge in [-0.1, -0.05) is 13.3 Å². The van der Waals surface area contributed by atoms with Crippen molar-refractivity contribution in [2.45, 2.75) is 44.8 Å². The molecule has 9 heteroatoms. The molecule has 0 heterocycles. The van der Waals surface area contributed by atoms with E-state index in [0.29, 0.717) is 12.8 Å². The highest BCUT2D eigenvalue weighted by Gasteiger charge is 2.41. The standard InChI is InChI=1S/C11H16F3NO5/c1-2-3-6-20-9(18)7(4-5-8(16)17)15-10(19)11(12,13)14/h7H,2-6H2,1H3,(H,15,19)(H,16,17)/t7-/m0/s1. The van der Waals surface area contributed by atoms with E-state index in [1.807, 2.05) is 6.92 Å². The number of esters is 1. The predicted octanol–water partition coefficient (Wildman–Crippen LogP) is 1.24. The number of rotatable bonds is 8. The molecule has 0 aliphatic rings. The zero-order valence-electron chi connectivity index (χ0n) is 10.8. The molecular weight excluding hydrogens is 283 g/mol. The fourth-order valence-electron chi connectivity index (χ4n) is 1.17. The summed E-state index contributed by atoms with van der Waals surface area (Å²) in [5, 5.41) is 9.90. The van der Waals surface area contributed by atoms with E-state index < -0.39 is 42.9 Å². The maximum atomic E-state index is 12.1. The van der Waals surface area contributed by atoms with Crippen LogP contribution in [0.15, 0.2) is 0 Å². The van der Waals surface area contributed by atoms with Gasteiger partial charge in [-0.15, -0.1) is 0 Å².